The van der Waals surface area contributed by atoms with Gasteiger partial charge >= 0.3 is 5.97 Å². The van der Waals surface area contributed by atoms with Gasteiger partial charge in [-0.3, -0.25) is 14.4 Å². The van der Waals surface area contributed by atoms with Crippen LogP contribution < -0.4 is 10.6 Å². The summed E-state index contributed by atoms with van der Waals surface area (Å²) < 4.78 is 23.7. The van der Waals surface area contributed by atoms with E-state index in [1.165, 1.54) is 31.4 Å². The quantitative estimate of drug-likeness (QED) is 0.635. The standard InChI is InChI=1S/C19H14ClFN2O5/c1-27-16(24)9-22-18(25)15-8-10-7-11(5-6-14(10)28-15)23-19(26)17-12(20)3-2-4-13(17)21/h2-8H,9H2,1H3,(H,22,25)(H,23,26). The van der Waals surface area contributed by atoms with Gasteiger partial charge in [0.2, 0.25) is 0 Å². The molecule has 0 bridgehead atoms. The Bertz CT molecular complexity index is 1060. The summed E-state index contributed by atoms with van der Waals surface area (Å²) in [4.78, 5) is 35.4. The molecular formula is C19H14ClFN2O5. The molecule has 144 valence electrons. The van der Waals surface area contributed by atoms with Crippen LogP contribution in [0.15, 0.2) is 46.9 Å². The number of hydrogen-bond acceptors (Lipinski definition) is 5. The minimum atomic E-state index is -0.737. The summed E-state index contributed by atoms with van der Waals surface area (Å²) in [6.07, 6.45) is 0. The van der Waals surface area contributed by atoms with Crippen LogP contribution in [0.4, 0.5) is 10.1 Å². The molecule has 0 fully saturated rings. The Morgan fingerprint density at radius 2 is 1.93 bits per heavy atom. The second-order valence-electron chi connectivity index (χ2n) is 5.67. The first-order chi connectivity index (χ1) is 13.4. The van der Waals surface area contributed by atoms with Gasteiger partial charge < -0.3 is 19.8 Å². The number of rotatable bonds is 5. The highest BCUT2D eigenvalue weighted by Crippen LogP contribution is 2.25. The second-order valence-corrected chi connectivity index (χ2v) is 6.08. The van der Waals surface area contributed by atoms with Gasteiger partial charge in [-0.15, -0.1) is 0 Å². The Hall–Kier alpha value is -3.39. The molecule has 0 spiro atoms. The molecule has 2 N–H and O–H groups in total. The number of fused-ring (bicyclic) bond motifs is 1. The number of nitrogens with one attached hydrogen (secondary N) is 2. The molecule has 0 saturated heterocycles. The number of hydrogen-bond donors (Lipinski definition) is 2. The van der Waals surface area contributed by atoms with Gasteiger partial charge in [0.25, 0.3) is 11.8 Å². The predicted octanol–water partition coefficient (Wildman–Crippen LogP) is 3.38. The Labute approximate surface area is 163 Å². The number of halogens is 2. The van der Waals surface area contributed by atoms with Gasteiger partial charge in [0.15, 0.2) is 5.76 Å². The second kappa shape index (κ2) is 8.10. The third-order valence-electron chi connectivity index (χ3n) is 3.81. The first kappa shape index (κ1) is 19.4. The van der Waals surface area contributed by atoms with E-state index < -0.39 is 23.6 Å². The van der Waals surface area contributed by atoms with E-state index in [-0.39, 0.29) is 22.9 Å². The van der Waals surface area contributed by atoms with E-state index in [0.29, 0.717) is 16.7 Å². The maximum Gasteiger partial charge on any atom is 0.325 e. The van der Waals surface area contributed by atoms with Crippen molar-refractivity contribution in [3.05, 3.63) is 64.6 Å². The first-order valence-electron chi connectivity index (χ1n) is 8.03. The number of ether oxygens (including phenoxy) is 1. The molecule has 3 rings (SSSR count). The zero-order valence-electron chi connectivity index (χ0n) is 14.5. The summed E-state index contributed by atoms with van der Waals surface area (Å²) >= 11 is 5.89. The van der Waals surface area contributed by atoms with Crippen molar-refractivity contribution >= 4 is 46.0 Å². The van der Waals surface area contributed by atoms with Crippen molar-refractivity contribution in [2.24, 2.45) is 0 Å². The molecule has 0 aliphatic rings. The first-order valence-corrected chi connectivity index (χ1v) is 8.41. The van der Waals surface area contributed by atoms with Crippen LogP contribution in [0.25, 0.3) is 11.0 Å². The molecule has 0 aliphatic carbocycles. The molecule has 0 aliphatic heterocycles. The lowest BCUT2D eigenvalue weighted by Crippen LogP contribution is -2.29. The van der Waals surface area contributed by atoms with E-state index in [4.69, 9.17) is 16.0 Å². The maximum absolute atomic E-state index is 13.9. The normalized spacial score (nSPS) is 10.5. The van der Waals surface area contributed by atoms with Gasteiger partial charge in [-0.2, -0.15) is 0 Å². The fraction of sp³-hybridized carbons (Fsp3) is 0.105. The van der Waals surface area contributed by atoms with Crippen LogP contribution in [0.5, 0.6) is 0 Å². The number of carbonyl (C=O) groups is 3. The number of carbonyl (C=O) groups excluding carboxylic acids is 3. The summed E-state index contributed by atoms with van der Waals surface area (Å²) in [5.41, 5.74) is 0.489. The summed E-state index contributed by atoms with van der Waals surface area (Å²) in [6.45, 7) is -0.295. The average molecular weight is 405 g/mol. The Kier molecular flexibility index (Phi) is 5.60. The lowest BCUT2D eigenvalue weighted by atomic mass is 10.1. The molecular weight excluding hydrogens is 391 g/mol. The molecule has 2 amide bonds. The number of amides is 2. The SMILES string of the molecule is COC(=O)CNC(=O)c1cc2cc(NC(=O)c3c(F)cccc3Cl)ccc2o1. The molecule has 1 heterocycles. The number of methoxy groups -OCH3 is 1. The van der Waals surface area contributed by atoms with Crippen LogP contribution in [0.3, 0.4) is 0 Å². The van der Waals surface area contributed by atoms with Gasteiger partial charge in [0.1, 0.15) is 17.9 Å². The minimum absolute atomic E-state index is 0.00791. The summed E-state index contributed by atoms with van der Waals surface area (Å²) in [5, 5.41) is 5.43. The maximum atomic E-state index is 13.9. The number of anilines is 1. The van der Waals surface area contributed by atoms with Crippen molar-refractivity contribution in [3.8, 4) is 0 Å². The number of benzene rings is 2. The van der Waals surface area contributed by atoms with E-state index in [2.05, 4.69) is 15.4 Å². The van der Waals surface area contributed by atoms with Crippen LogP contribution in [0.1, 0.15) is 20.9 Å². The van der Waals surface area contributed by atoms with E-state index >= 15 is 0 Å². The van der Waals surface area contributed by atoms with E-state index in [1.807, 2.05) is 0 Å². The smallest absolute Gasteiger partial charge is 0.325 e. The predicted molar refractivity (Wildman–Crippen MR) is 99.9 cm³/mol. The zero-order chi connectivity index (χ0) is 20.3. The van der Waals surface area contributed by atoms with Crippen LogP contribution in [0, 0.1) is 5.82 Å². The summed E-state index contributed by atoms with van der Waals surface area (Å²) in [7, 11) is 1.21. The Morgan fingerprint density at radius 3 is 2.64 bits per heavy atom. The van der Waals surface area contributed by atoms with Gasteiger partial charge in [-0.25, -0.2) is 4.39 Å². The van der Waals surface area contributed by atoms with Crippen LogP contribution >= 0.6 is 11.6 Å². The van der Waals surface area contributed by atoms with Crippen molar-refractivity contribution in [1.82, 2.24) is 5.32 Å². The molecule has 3 aromatic rings. The highest BCUT2D eigenvalue weighted by atomic mass is 35.5. The van der Waals surface area contributed by atoms with Crippen molar-refractivity contribution in [2.45, 2.75) is 0 Å². The van der Waals surface area contributed by atoms with E-state index in [1.54, 1.807) is 12.1 Å². The lowest BCUT2D eigenvalue weighted by molar-refractivity contribution is -0.139. The summed E-state index contributed by atoms with van der Waals surface area (Å²) in [5.74, 6) is -2.65. The monoisotopic (exact) mass is 404 g/mol. The van der Waals surface area contributed by atoms with Crippen molar-refractivity contribution in [2.75, 3.05) is 19.0 Å². The van der Waals surface area contributed by atoms with Crippen molar-refractivity contribution < 1.29 is 27.9 Å². The van der Waals surface area contributed by atoms with Gasteiger partial charge in [-0.1, -0.05) is 17.7 Å². The highest BCUT2D eigenvalue weighted by molar-refractivity contribution is 6.34. The molecule has 0 unspecified atom stereocenters. The third-order valence-corrected chi connectivity index (χ3v) is 4.12. The average Bonchev–Trinajstić information content (AvgIpc) is 3.09. The van der Waals surface area contributed by atoms with E-state index in [9.17, 15) is 18.8 Å². The zero-order valence-corrected chi connectivity index (χ0v) is 15.3. The largest absolute Gasteiger partial charge is 0.468 e. The summed E-state index contributed by atoms with van der Waals surface area (Å²) in [6, 6.07) is 10.0. The molecule has 0 radical (unpaired) electrons. The van der Waals surface area contributed by atoms with E-state index in [0.717, 1.165) is 6.07 Å². The lowest BCUT2D eigenvalue weighted by Gasteiger charge is -2.07. The molecule has 28 heavy (non-hydrogen) atoms. The molecule has 7 nitrogen and oxygen atoms in total. The number of esters is 1. The van der Waals surface area contributed by atoms with Crippen molar-refractivity contribution in [3.63, 3.8) is 0 Å². The molecule has 0 saturated carbocycles. The van der Waals surface area contributed by atoms with Gasteiger partial charge in [-0.05, 0) is 36.4 Å². The minimum Gasteiger partial charge on any atom is -0.468 e. The molecule has 1 aromatic heterocycles. The van der Waals surface area contributed by atoms with Crippen LogP contribution in [-0.4, -0.2) is 31.4 Å². The third kappa shape index (κ3) is 4.12. The van der Waals surface area contributed by atoms with Crippen LogP contribution in [0.2, 0.25) is 5.02 Å². The highest BCUT2D eigenvalue weighted by Gasteiger charge is 2.17. The van der Waals surface area contributed by atoms with Crippen molar-refractivity contribution in [1.29, 1.82) is 0 Å². The fourth-order valence-electron chi connectivity index (χ4n) is 2.45. The molecule has 2 aromatic carbocycles. The van der Waals surface area contributed by atoms with Gasteiger partial charge in [0, 0.05) is 11.1 Å². The van der Waals surface area contributed by atoms with Gasteiger partial charge in [0.05, 0.1) is 17.7 Å². The number of furan rings is 1. The van der Waals surface area contributed by atoms with Crippen LogP contribution in [-0.2, 0) is 9.53 Å². The molecule has 0 atom stereocenters. The topological polar surface area (TPSA) is 97.6 Å². The molecule has 9 heteroatoms. The Balaban J connectivity index is 1.78. The Morgan fingerprint density at radius 1 is 1.14 bits per heavy atom. The fourth-order valence-corrected chi connectivity index (χ4v) is 2.70.